The molecule has 2 amide bonds. The number of halogens is 1. The van der Waals surface area contributed by atoms with Crippen molar-refractivity contribution in [2.24, 2.45) is 11.5 Å². The standard InChI is InChI=1S/CH4N2O.ClO3.K/c2*2-1(3)4;/h(H4,2,3,4);;/q;-1;+1. The first-order chi connectivity index (χ1) is 3.46. The maximum atomic E-state index is 9.00. The molecule has 6 nitrogen and oxygen atoms in total. The summed E-state index contributed by atoms with van der Waals surface area (Å²) in [5.41, 5.74) is 8.50. The predicted molar refractivity (Wildman–Crippen MR) is 13.8 cm³/mol. The van der Waals surface area contributed by atoms with Crippen molar-refractivity contribution < 1.29 is 80.9 Å². The van der Waals surface area contributed by atoms with Crippen LogP contribution in [0, 0.1) is 10.8 Å². The summed E-state index contributed by atoms with van der Waals surface area (Å²) in [4.78, 5) is 9.00. The maximum Gasteiger partial charge on any atom is 1.00 e. The molecule has 0 aromatic heterocycles. The molecule has 0 spiro atoms. The van der Waals surface area contributed by atoms with Gasteiger partial charge in [0.25, 0.3) is 0 Å². The molecule has 0 saturated carbocycles. The first kappa shape index (κ1) is 16.6. The normalized spacial score (nSPS) is 6.67. The van der Waals surface area contributed by atoms with Gasteiger partial charge in [-0.2, -0.15) is 0 Å². The van der Waals surface area contributed by atoms with Crippen molar-refractivity contribution in [3.8, 4) is 0 Å². The topological polar surface area (TPSA) is 138 Å². The van der Waals surface area contributed by atoms with Crippen LogP contribution in [0.4, 0.5) is 4.79 Å². The predicted octanol–water partition coefficient (Wildman–Crippen LogP) is -7.54. The summed E-state index contributed by atoms with van der Waals surface area (Å²) in [5, 5.41) is 0. The minimum absolute atomic E-state index is 0. The fourth-order valence-electron chi connectivity index (χ4n) is 0. The van der Waals surface area contributed by atoms with Crippen molar-refractivity contribution in [1.82, 2.24) is 0 Å². The summed E-state index contributed by atoms with van der Waals surface area (Å²) < 4.78 is 25.2. The first-order valence-corrected chi connectivity index (χ1v) is 2.17. The van der Waals surface area contributed by atoms with Crippen molar-refractivity contribution in [2.45, 2.75) is 0 Å². The fraction of sp³-hybridized carbons (Fsp3) is 0. The van der Waals surface area contributed by atoms with Crippen LogP contribution in [-0.2, 0) is 0 Å². The van der Waals surface area contributed by atoms with E-state index in [0.29, 0.717) is 0 Å². The summed E-state index contributed by atoms with van der Waals surface area (Å²) >= 11 is 0. The van der Waals surface area contributed by atoms with E-state index in [2.05, 4.69) is 11.5 Å². The van der Waals surface area contributed by atoms with Gasteiger partial charge in [-0.15, -0.1) is 0 Å². The molecule has 0 bridgehead atoms. The van der Waals surface area contributed by atoms with Gasteiger partial charge in [0.05, 0.1) is 10.8 Å². The SMILES string of the molecule is NC(N)=O.[K+].[O-][Cl+2]([O-])[O-]. The Labute approximate surface area is 97.0 Å². The number of hydrogen-bond acceptors (Lipinski definition) is 4. The monoisotopic (exact) mass is 182 g/mol. The Morgan fingerprint density at radius 1 is 1.22 bits per heavy atom. The average molecular weight is 183 g/mol. The zero-order valence-corrected chi connectivity index (χ0v) is 8.54. The molecule has 0 aromatic carbocycles. The number of urea groups is 1. The molecule has 0 radical (unpaired) electrons. The quantitative estimate of drug-likeness (QED) is 0.359. The largest absolute Gasteiger partial charge is 1.00 e. The number of carbonyl (C=O) groups is 1. The van der Waals surface area contributed by atoms with Crippen molar-refractivity contribution in [3.05, 3.63) is 0 Å². The van der Waals surface area contributed by atoms with Gasteiger partial charge in [0.2, 0.25) is 0 Å². The van der Waals surface area contributed by atoms with Crippen LogP contribution in [-0.4, -0.2) is 6.03 Å². The Bertz CT molecular complexity index is 62.8. The van der Waals surface area contributed by atoms with E-state index >= 15 is 0 Å². The fourth-order valence-corrected chi connectivity index (χ4v) is 0. The third-order valence-corrected chi connectivity index (χ3v) is 0. The molecule has 0 aliphatic rings. The molecule has 0 fully saturated rings. The van der Waals surface area contributed by atoms with E-state index in [4.69, 9.17) is 18.8 Å². The van der Waals surface area contributed by atoms with Crippen LogP contribution in [0.25, 0.3) is 0 Å². The smallest absolute Gasteiger partial charge is 0.357 e. The Balaban J connectivity index is -0.0000000720. The van der Waals surface area contributed by atoms with Gasteiger partial charge >= 0.3 is 57.4 Å². The minimum Gasteiger partial charge on any atom is -0.357 e. The molecule has 0 saturated heterocycles. The van der Waals surface area contributed by atoms with Crippen LogP contribution >= 0.6 is 0 Å². The maximum absolute atomic E-state index is 9.00. The van der Waals surface area contributed by atoms with Gasteiger partial charge in [-0.1, -0.05) is 0 Å². The summed E-state index contributed by atoms with van der Waals surface area (Å²) in [6, 6.07) is -0.833. The molecule has 4 N–H and O–H groups in total. The zero-order valence-electron chi connectivity index (χ0n) is 4.67. The first-order valence-electron chi connectivity index (χ1n) is 1.24. The number of nitrogens with two attached hydrogens (primary N) is 2. The second kappa shape index (κ2) is 11.8. The van der Waals surface area contributed by atoms with Gasteiger partial charge in [0.15, 0.2) is 0 Å². The van der Waals surface area contributed by atoms with Gasteiger partial charge in [-0.05, 0) is 0 Å². The zero-order chi connectivity index (χ0) is 7.15. The molecule has 9 heavy (non-hydrogen) atoms. The van der Waals surface area contributed by atoms with Crippen LogP contribution in [0.15, 0.2) is 0 Å². The number of hydrogen-bond donors (Lipinski definition) is 2. The molecular formula is CH4ClKN2O4. The van der Waals surface area contributed by atoms with Crippen LogP contribution < -0.4 is 76.8 Å². The third kappa shape index (κ3) is 392. The van der Waals surface area contributed by atoms with Crippen molar-refractivity contribution in [3.63, 3.8) is 0 Å². The van der Waals surface area contributed by atoms with Crippen LogP contribution in [0.1, 0.15) is 0 Å². The second-order valence-electron chi connectivity index (χ2n) is 0.591. The number of primary amides is 2. The van der Waals surface area contributed by atoms with Crippen molar-refractivity contribution in [1.29, 1.82) is 0 Å². The summed E-state index contributed by atoms with van der Waals surface area (Å²) in [6.07, 6.45) is 0. The Morgan fingerprint density at radius 2 is 1.22 bits per heavy atom. The third-order valence-electron chi connectivity index (χ3n) is 0. The molecule has 0 rings (SSSR count). The van der Waals surface area contributed by atoms with Gasteiger partial charge in [-0.3, -0.25) is 0 Å². The van der Waals surface area contributed by atoms with E-state index in [9.17, 15) is 0 Å². The molecule has 0 unspecified atom stereocenters. The van der Waals surface area contributed by atoms with E-state index < -0.39 is 16.8 Å². The van der Waals surface area contributed by atoms with Gasteiger partial charge in [0, 0.05) is 0 Å². The average Bonchev–Trinajstić information content (AvgIpc) is 1.25. The number of carbonyl (C=O) groups excluding carboxylic acids is 1. The Morgan fingerprint density at radius 3 is 1.22 bits per heavy atom. The van der Waals surface area contributed by atoms with Crippen LogP contribution in [0.2, 0.25) is 0 Å². The Hall–Kier alpha value is 1.08. The molecule has 0 aromatic rings. The molecule has 50 valence electrons. The number of amides is 2. The molecule has 0 heterocycles. The van der Waals surface area contributed by atoms with E-state index in [1.165, 1.54) is 0 Å². The second-order valence-corrected chi connectivity index (χ2v) is 0.969. The number of rotatable bonds is 0. The molecule has 8 heteroatoms. The van der Waals surface area contributed by atoms with Gasteiger partial charge in [0.1, 0.15) is 0 Å². The van der Waals surface area contributed by atoms with Gasteiger partial charge < -0.3 is 25.4 Å². The van der Waals surface area contributed by atoms with Crippen molar-refractivity contribution >= 4 is 6.03 Å². The van der Waals surface area contributed by atoms with E-state index in [0.717, 1.165) is 0 Å². The van der Waals surface area contributed by atoms with Crippen LogP contribution in [0.5, 0.6) is 0 Å². The summed E-state index contributed by atoms with van der Waals surface area (Å²) in [6.45, 7) is 0. The molecular weight excluding hydrogens is 179 g/mol. The van der Waals surface area contributed by atoms with E-state index in [-0.39, 0.29) is 51.4 Å². The summed E-state index contributed by atoms with van der Waals surface area (Å²) in [7, 11) is -2.85. The van der Waals surface area contributed by atoms with Crippen LogP contribution in [0.3, 0.4) is 0 Å². The van der Waals surface area contributed by atoms with E-state index in [1.807, 2.05) is 0 Å². The molecule has 0 atom stereocenters. The molecule has 0 aliphatic heterocycles. The van der Waals surface area contributed by atoms with Gasteiger partial charge in [-0.25, -0.2) is 4.79 Å². The van der Waals surface area contributed by atoms with Crippen molar-refractivity contribution in [2.75, 3.05) is 0 Å². The summed E-state index contributed by atoms with van der Waals surface area (Å²) in [5.74, 6) is 0. The van der Waals surface area contributed by atoms with E-state index in [1.54, 1.807) is 0 Å². The molecule has 0 aliphatic carbocycles. The minimum atomic E-state index is -2.85. The Kier molecular flexibility index (Phi) is 21.8.